The van der Waals surface area contributed by atoms with E-state index in [0.29, 0.717) is 5.75 Å². The van der Waals surface area contributed by atoms with Gasteiger partial charge in [0.15, 0.2) is 5.78 Å². The monoisotopic (exact) mass is 272 g/mol. The predicted octanol–water partition coefficient (Wildman–Crippen LogP) is 1.71. The van der Waals surface area contributed by atoms with E-state index in [1.165, 1.54) is 7.11 Å². The molecule has 5 nitrogen and oxygen atoms in total. The van der Waals surface area contributed by atoms with Gasteiger partial charge in [-0.15, -0.1) is 0 Å². The molecule has 20 heavy (non-hydrogen) atoms. The Morgan fingerprint density at radius 3 is 2.65 bits per heavy atom. The van der Waals surface area contributed by atoms with Crippen molar-refractivity contribution in [3.05, 3.63) is 40.5 Å². The van der Waals surface area contributed by atoms with Crippen LogP contribution in [0.5, 0.6) is 5.75 Å². The minimum Gasteiger partial charge on any atom is -0.496 e. The van der Waals surface area contributed by atoms with Gasteiger partial charge in [0.05, 0.1) is 12.7 Å². The summed E-state index contributed by atoms with van der Waals surface area (Å²) in [7, 11) is 1.42. The molecule has 0 fully saturated rings. The molecule has 0 amide bonds. The fourth-order valence-corrected chi connectivity index (χ4v) is 2.64. The summed E-state index contributed by atoms with van der Waals surface area (Å²) >= 11 is 0. The Kier molecular flexibility index (Phi) is 2.71. The van der Waals surface area contributed by atoms with Crippen molar-refractivity contribution in [2.24, 2.45) is 0 Å². The highest BCUT2D eigenvalue weighted by molar-refractivity contribution is 6.36. The van der Waals surface area contributed by atoms with Gasteiger partial charge in [-0.3, -0.25) is 9.59 Å². The zero-order valence-electron chi connectivity index (χ0n) is 11.1. The number of hydrogen-bond donors (Lipinski definition) is 0. The van der Waals surface area contributed by atoms with Gasteiger partial charge in [-0.05, 0) is 13.0 Å². The summed E-state index contributed by atoms with van der Waals surface area (Å²) in [6.45, 7) is 1.69. The maximum Gasteiger partial charge on any atom is 0.342 e. The molecule has 3 rings (SSSR count). The van der Waals surface area contributed by atoms with Crippen LogP contribution in [0, 0.1) is 0 Å². The Hall–Kier alpha value is -2.43. The van der Waals surface area contributed by atoms with Crippen molar-refractivity contribution < 1.29 is 23.9 Å². The molecule has 1 heterocycles. The lowest BCUT2D eigenvalue weighted by Gasteiger charge is -2.27. The summed E-state index contributed by atoms with van der Waals surface area (Å²) in [5, 5.41) is 0. The minimum atomic E-state index is -0.728. The Labute approximate surface area is 115 Å². The van der Waals surface area contributed by atoms with Gasteiger partial charge in [0.1, 0.15) is 17.4 Å². The Morgan fingerprint density at radius 2 is 1.95 bits per heavy atom. The molecular formula is C15H12O5. The van der Waals surface area contributed by atoms with E-state index in [-0.39, 0.29) is 34.5 Å². The summed E-state index contributed by atoms with van der Waals surface area (Å²) in [5.74, 6) is -1.23. The number of ether oxygens (including phenoxy) is 2. The number of methoxy groups -OCH3 is 1. The Bertz CT molecular complexity index is 684. The Balaban J connectivity index is 2.25. The first kappa shape index (κ1) is 12.6. The molecule has 1 atom stereocenters. The average molecular weight is 272 g/mol. The third-order valence-electron chi connectivity index (χ3n) is 3.52. The van der Waals surface area contributed by atoms with E-state index in [1.807, 2.05) is 0 Å². The molecule has 0 spiro atoms. The first-order chi connectivity index (χ1) is 9.54. The van der Waals surface area contributed by atoms with Crippen LogP contribution < -0.4 is 4.74 Å². The van der Waals surface area contributed by atoms with Gasteiger partial charge in [-0.1, -0.05) is 12.1 Å². The van der Waals surface area contributed by atoms with E-state index < -0.39 is 17.9 Å². The lowest BCUT2D eigenvalue weighted by atomic mass is 9.80. The maximum atomic E-state index is 12.5. The van der Waals surface area contributed by atoms with Gasteiger partial charge in [0.25, 0.3) is 0 Å². The van der Waals surface area contributed by atoms with Gasteiger partial charge in [-0.2, -0.15) is 0 Å². The van der Waals surface area contributed by atoms with Crippen LogP contribution in [0.4, 0.5) is 0 Å². The zero-order chi connectivity index (χ0) is 14.4. The van der Waals surface area contributed by atoms with Crippen LogP contribution in [0.3, 0.4) is 0 Å². The van der Waals surface area contributed by atoms with Crippen molar-refractivity contribution in [1.82, 2.24) is 0 Å². The number of cyclic esters (lactones) is 1. The van der Waals surface area contributed by atoms with E-state index in [9.17, 15) is 14.4 Å². The molecule has 0 saturated carbocycles. The number of Topliss-reactive ketones (excluding diaryl/α,β-unsaturated/α-hetero) is 2. The quantitative estimate of drug-likeness (QED) is 0.575. The van der Waals surface area contributed by atoms with Crippen LogP contribution in [0.2, 0.25) is 0 Å². The Morgan fingerprint density at radius 1 is 1.20 bits per heavy atom. The molecular weight excluding hydrogens is 260 g/mol. The van der Waals surface area contributed by atoms with Crippen LogP contribution in [0.15, 0.2) is 29.3 Å². The summed E-state index contributed by atoms with van der Waals surface area (Å²) in [6, 6.07) is 4.82. The normalized spacial score (nSPS) is 21.3. The molecule has 0 bridgehead atoms. The van der Waals surface area contributed by atoms with Gasteiger partial charge in [0.2, 0.25) is 5.78 Å². The number of fused-ring (bicyclic) bond motifs is 1. The van der Waals surface area contributed by atoms with E-state index >= 15 is 0 Å². The molecule has 5 heteroatoms. The standard InChI is InChI=1S/C15H12O5/c1-7-6-9-12(15(18)20-7)14(17)11-8(13(9)16)4-3-5-10(11)19-2/h3-5,7H,6H2,1-2H3. The summed E-state index contributed by atoms with van der Waals surface area (Å²) in [5.41, 5.74) is 0.532. The highest BCUT2D eigenvalue weighted by Crippen LogP contribution is 2.36. The number of carbonyl (C=O) groups is 3. The van der Waals surface area contributed by atoms with Crippen LogP contribution in [0.1, 0.15) is 34.1 Å². The van der Waals surface area contributed by atoms with E-state index in [1.54, 1.807) is 25.1 Å². The molecule has 2 aliphatic rings. The van der Waals surface area contributed by atoms with Crippen molar-refractivity contribution in [2.45, 2.75) is 19.4 Å². The van der Waals surface area contributed by atoms with E-state index in [0.717, 1.165) is 0 Å². The number of rotatable bonds is 1. The van der Waals surface area contributed by atoms with Gasteiger partial charge in [-0.25, -0.2) is 4.79 Å². The lowest BCUT2D eigenvalue weighted by molar-refractivity contribution is -0.144. The highest BCUT2D eigenvalue weighted by atomic mass is 16.5. The largest absolute Gasteiger partial charge is 0.496 e. The van der Waals surface area contributed by atoms with Crippen molar-refractivity contribution in [3.8, 4) is 5.75 Å². The molecule has 0 saturated heterocycles. The van der Waals surface area contributed by atoms with Crippen LogP contribution >= 0.6 is 0 Å². The third-order valence-corrected chi connectivity index (χ3v) is 3.52. The smallest absolute Gasteiger partial charge is 0.342 e. The fraction of sp³-hybridized carbons (Fsp3) is 0.267. The van der Waals surface area contributed by atoms with Gasteiger partial charge in [0, 0.05) is 17.6 Å². The van der Waals surface area contributed by atoms with Crippen LogP contribution in [0.25, 0.3) is 0 Å². The molecule has 0 aromatic heterocycles. The number of esters is 1. The molecule has 1 aliphatic carbocycles. The molecule has 0 N–H and O–H groups in total. The molecule has 1 unspecified atom stereocenters. The van der Waals surface area contributed by atoms with Crippen molar-refractivity contribution in [1.29, 1.82) is 0 Å². The molecule has 0 radical (unpaired) electrons. The molecule has 1 aromatic carbocycles. The third kappa shape index (κ3) is 1.59. The summed E-state index contributed by atoms with van der Waals surface area (Å²) in [6.07, 6.45) is -0.132. The maximum absolute atomic E-state index is 12.5. The van der Waals surface area contributed by atoms with E-state index in [2.05, 4.69) is 0 Å². The van der Waals surface area contributed by atoms with E-state index in [4.69, 9.17) is 9.47 Å². The molecule has 1 aromatic rings. The van der Waals surface area contributed by atoms with Crippen molar-refractivity contribution in [3.63, 3.8) is 0 Å². The number of carbonyl (C=O) groups excluding carboxylic acids is 3. The first-order valence-corrected chi connectivity index (χ1v) is 6.25. The first-order valence-electron chi connectivity index (χ1n) is 6.25. The average Bonchev–Trinajstić information content (AvgIpc) is 2.43. The lowest BCUT2D eigenvalue weighted by Crippen LogP contribution is -2.35. The topological polar surface area (TPSA) is 69.7 Å². The second kappa shape index (κ2) is 4.30. The van der Waals surface area contributed by atoms with Crippen molar-refractivity contribution in [2.75, 3.05) is 7.11 Å². The second-order valence-corrected chi connectivity index (χ2v) is 4.81. The fourth-order valence-electron chi connectivity index (χ4n) is 2.64. The minimum absolute atomic E-state index is 0.144. The number of benzene rings is 1. The van der Waals surface area contributed by atoms with Crippen molar-refractivity contribution >= 4 is 17.5 Å². The highest BCUT2D eigenvalue weighted by Gasteiger charge is 2.41. The summed E-state index contributed by atoms with van der Waals surface area (Å²) in [4.78, 5) is 36.9. The molecule has 102 valence electrons. The molecule has 1 aliphatic heterocycles. The number of ketones is 2. The predicted molar refractivity (Wildman–Crippen MR) is 68.9 cm³/mol. The number of hydrogen-bond acceptors (Lipinski definition) is 5. The van der Waals surface area contributed by atoms with Crippen LogP contribution in [-0.2, 0) is 9.53 Å². The SMILES string of the molecule is COc1cccc2c1C(=O)C1=C(CC(C)OC1=O)C2=O. The second-order valence-electron chi connectivity index (χ2n) is 4.81. The van der Waals surface area contributed by atoms with Gasteiger partial charge < -0.3 is 9.47 Å². The van der Waals surface area contributed by atoms with Crippen LogP contribution in [-0.4, -0.2) is 30.7 Å². The van der Waals surface area contributed by atoms with Gasteiger partial charge >= 0.3 is 5.97 Å². The zero-order valence-corrected chi connectivity index (χ0v) is 11.1. The summed E-state index contributed by atoms with van der Waals surface area (Å²) < 4.78 is 10.2.